The third kappa shape index (κ3) is 7.35. The maximum absolute atomic E-state index is 4.33. The molecule has 154 valence electrons. The van der Waals surface area contributed by atoms with Crippen molar-refractivity contribution in [2.75, 3.05) is 20.1 Å². The maximum Gasteiger partial charge on any atom is 0.191 e. The van der Waals surface area contributed by atoms with Crippen LogP contribution in [0.2, 0.25) is 0 Å². The minimum absolute atomic E-state index is 0.578. The van der Waals surface area contributed by atoms with Gasteiger partial charge in [0.25, 0.3) is 0 Å². The van der Waals surface area contributed by atoms with Gasteiger partial charge in [0.2, 0.25) is 0 Å². The van der Waals surface area contributed by atoms with Crippen molar-refractivity contribution in [1.29, 1.82) is 0 Å². The Morgan fingerprint density at radius 3 is 2.32 bits per heavy atom. The molecule has 2 N–H and O–H groups in total. The summed E-state index contributed by atoms with van der Waals surface area (Å²) in [5.41, 5.74) is 2.51. The van der Waals surface area contributed by atoms with Crippen LogP contribution in [0.3, 0.4) is 0 Å². The molecule has 2 aromatic rings. The molecule has 0 radical (unpaired) electrons. The Bertz CT molecular complexity index is 680. The summed E-state index contributed by atoms with van der Waals surface area (Å²) < 4.78 is 2.07. The van der Waals surface area contributed by atoms with E-state index >= 15 is 0 Å². The highest BCUT2D eigenvalue weighted by Gasteiger charge is 2.12. The summed E-state index contributed by atoms with van der Waals surface area (Å²) in [6.07, 6.45) is 6.72. The van der Waals surface area contributed by atoms with Gasteiger partial charge in [-0.2, -0.15) is 0 Å². The van der Waals surface area contributed by atoms with Crippen LogP contribution < -0.4 is 10.6 Å². The second kappa shape index (κ2) is 11.5. The van der Waals surface area contributed by atoms with Gasteiger partial charge in [0.15, 0.2) is 5.96 Å². The fraction of sp³-hybridized carbons (Fsp3) is 0.545. The van der Waals surface area contributed by atoms with Gasteiger partial charge in [0.05, 0.1) is 6.33 Å². The van der Waals surface area contributed by atoms with Gasteiger partial charge >= 0.3 is 0 Å². The fourth-order valence-corrected chi connectivity index (χ4v) is 3.34. The highest BCUT2D eigenvalue weighted by molar-refractivity contribution is 5.79. The molecule has 0 aliphatic carbocycles. The summed E-state index contributed by atoms with van der Waals surface area (Å²) in [6.45, 7) is 12.7. The number of hydrogen-bond acceptors (Lipinski definition) is 3. The fourth-order valence-electron chi connectivity index (χ4n) is 3.34. The van der Waals surface area contributed by atoms with Gasteiger partial charge in [-0.1, -0.05) is 24.3 Å². The second-order valence-corrected chi connectivity index (χ2v) is 7.68. The highest BCUT2D eigenvalue weighted by Crippen LogP contribution is 2.07. The Labute approximate surface area is 170 Å². The Hall–Kier alpha value is -2.34. The van der Waals surface area contributed by atoms with Gasteiger partial charge in [0, 0.05) is 57.7 Å². The van der Waals surface area contributed by atoms with E-state index in [0.29, 0.717) is 12.1 Å². The first-order chi connectivity index (χ1) is 13.5. The van der Waals surface area contributed by atoms with Crippen molar-refractivity contribution in [2.24, 2.45) is 4.99 Å². The van der Waals surface area contributed by atoms with Gasteiger partial charge in [-0.25, -0.2) is 4.98 Å². The molecule has 28 heavy (non-hydrogen) atoms. The Kier molecular flexibility index (Phi) is 9.01. The van der Waals surface area contributed by atoms with Crippen molar-refractivity contribution in [3.63, 3.8) is 0 Å². The van der Waals surface area contributed by atoms with Crippen LogP contribution in [0.4, 0.5) is 0 Å². The van der Waals surface area contributed by atoms with Gasteiger partial charge in [-0.3, -0.25) is 9.89 Å². The minimum atomic E-state index is 0.578. The quantitative estimate of drug-likeness (QED) is 0.375. The zero-order chi connectivity index (χ0) is 20.4. The van der Waals surface area contributed by atoms with Crippen LogP contribution >= 0.6 is 0 Å². The Morgan fingerprint density at radius 2 is 1.75 bits per heavy atom. The van der Waals surface area contributed by atoms with Crippen molar-refractivity contribution in [1.82, 2.24) is 25.1 Å². The molecule has 1 aromatic heterocycles. The first kappa shape index (κ1) is 22.0. The van der Waals surface area contributed by atoms with Crippen LogP contribution in [0.15, 0.2) is 48.0 Å². The lowest BCUT2D eigenvalue weighted by atomic mass is 10.1. The minimum Gasteiger partial charge on any atom is -0.356 e. The Morgan fingerprint density at radius 1 is 1.07 bits per heavy atom. The smallest absolute Gasteiger partial charge is 0.191 e. The molecule has 0 unspecified atom stereocenters. The van der Waals surface area contributed by atoms with E-state index in [9.17, 15) is 0 Å². The van der Waals surface area contributed by atoms with Crippen molar-refractivity contribution in [2.45, 2.75) is 59.3 Å². The van der Waals surface area contributed by atoms with Crippen LogP contribution in [0.1, 0.15) is 45.2 Å². The van der Waals surface area contributed by atoms with Gasteiger partial charge in [0.1, 0.15) is 0 Å². The summed E-state index contributed by atoms with van der Waals surface area (Å²) in [5.74, 6) is 0.850. The van der Waals surface area contributed by atoms with E-state index in [4.69, 9.17) is 0 Å². The monoisotopic (exact) mass is 384 g/mol. The van der Waals surface area contributed by atoms with E-state index in [-0.39, 0.29) is 0 Å². The second-order valence-electron chi connectivity index (χ2n) is 7.68. The summed E-state index contributed by atoms with van der Waals surface area (Å²) in [7, 11) is 1.82. The number of imidazole rings is 1. The van der Waals surface area contributed by atoms with Gasteiger partial charge in [-0.15, -0.1) is 0 Å². The van der Waals surface area contributed by atoms with E-state index in [2.05, 4.69) is 82.0 Å². The zero-order valence-corrected chi connectivity index (χ0v) is 18.0. The van der Waals surface area contributed by atoms with E-state index in [1.54, 1.807) is 6.20 Å². The van der Waals surface area contributed by atoms with E-state index in [1.807, 2.05) is 19.6 Å². The van der Waals surface area contributed by atoms with Crippen molar-refractivity contribution in [3.05, 3.63) is 54.1 Å². The lowest BCUT2D eigenvalue weighted by Gasteiger charge is -2.30. The number of aromatic nitrogens is 2. The Balaban J connectivity index is 1.71. The molecule has 0 saturated heterocycles. The largest absolute Gasteiger partial charge is 0.356 e. The summed E-state index contributed by atoms with van der Waals surface area (Å²) in [6, 6.07) is 9.81. The van der Waals surface area contributed by atoms with E-state index in [1.165, 1.54) is 11.1 Å². The van der Waals surface area contributed by atoms with Gasteiger partial charge < -0.3 is 15.2 Å². The van der Waals surface area contributed by atoms with Crippen LogP contribution in [0.25, 0.3) is 0 Å². The number of benzene rings is 1. The predicted molar refractivity (Wildman–Crippen MR) is 118 cm³/mol. The van der Waals surface area contributed by atoms with Crippen LogP contribution in [0, 0.1) is 0 Å². The number of nitrogens with zero attached hydrogens (tertiary/aromatic N) is 4. The zero-order valence-electron chi connectivity index (χ0n) is 18.0. The first-order valence-corrected chi connectivity index (χ1v) is 10.2. The van der Waals surface area contributed by atoms with Crippen LogP contribution in [-0.2, 0) is 13.1 Å². The molecule has 0 bridgehead atoms. The molecule has 6 nitrogen and oxygen atoms in total. The standard InChI is InChI=1S/C22H36N6/c1-18(2)28(19(3)4)13-6-11-25-22(23-5)26-15-20-7-9-21(10-8-20)16-27-14-12-24-17-27/h7-10,12,14,17-19H,6,11,13,15-16H2,1-5H3,(H2,23,25,26). The number of aliphatic imine (C=N–C) groups is 1. The molecule has 0 saturated carbocycles. The first-order valence-electron chi connectivity index (χ1n) is 10.2. The molecule has 0 amide bonds. The molecule has 0 fully saturated rings. The number of nitrogens with one attached hydrogen (secondary N) is 2. The molecule has 0 spiro atoms. The average molecular weight is 385 g/mol. The molecule has 6 heteroatoms. The summed E-state index contributed by atoms with van der Waals surface area (Å²) in [5, 5.41) is 6.81. The number of rotatable bonds is 10. The molecule has 2 rings (SSSR count). The van der Waals surface area contributed by atoms with E-state index < -0.39 is 0 Å². The molecule has 0 aliphatic heterocycles. The summed E-state index contributed by atoms with van der Waals surface area (Å²) >= 11 is 0. The molecular formula is C22H36N6. The molecule has 1 heterocycles. The summed E-state index contributed by atoms with van der Waals surface area (Å²) in [4.78, 5) is 10.9. The molecular weight excluding hydrogens is 348 g/mol. The average Bonchev–Trinajstić information content (AvgIpc) is 3.17. The van der Waals surface area contributed by atoms with Gasteiger partial charge in [-0.05, 0) is 45.2 Å². The lowest BCUT2D eigenvalue weighted by Crippen LogP contribution is -2.41. The molecule has 0 aliphatic rings. The van der Waals surface area contributed by atoms with Crippen molar-refractivity contribution in [3.8, 4) is 0 Å². The van der Waals surface area contributed by atoms with E-state index in [0.717, 1.165) is 38.6 Å². The number of hydrogen-bond donors (Lipinski definition) is 2. The van der Waals surface area contributed by atoms with Crippen molar-refractivity contribution < 1.29 is 0 Å². The third-order valence-corrected chi connectivity index (χ3v) is 4.84. The predicted octanol–water partition coefficient (Wildman–Crippen LogP) is 3.11. The molecule has 1 aromatic carbocycles. The lowest BCUT2D eigenvalue weighted by molar-refractivity contribution is 0.173. The SMILES string of the molecule is CN=C(NCCCN(C(C)C)C(C)C)NCc1ccc(Cn2ccnc2)cc1. The number of guanidine groups is 1. The van der Waals surface area contributed by atoms with Crippen molar-refractivity contribution >= 4 is 5.96 Å². The van der Waals surface area contributed by atoms with Crippen LogP contribution in [0.5, 0.6) is 0 Å². The third-order valence-electron chi connectivity index (χ3n) is 4.84. The topological polar surface area (TPSA) is 57.5 Å². The normalized spacial score (nSPS) is 12.2. The maximum atomic E-state index is 4.33. The highest BCUT2D eigenvalue weighted by atomic mass is 15.2. The van der Waals surface area contributed by atoms with Crippen LogP contribution in [-0.4, -0.2) is 52.6 Å². The molecule has 0 atom stereocenters.